The van der Waals surface area contributed by atoms with Crippen LogP contribution in [0.1, 0.15) is 28.3 Å². The molecule has 0 spiro atoms. The molecule has 1 N–H and O–H groups in total. The number of thiophene rings is 1. The second-order valence-electron chi connectivity index (χ2n) is 4.11. The maximum absolute atomic E-state index is 10.2. The maximum Gasteiger partial charge on any atom is 0.0853 e. The van der Waals surface area contributed by atoms with Gasteiger partial charge in [-0.2, -0.15) is 0 Å². The molecule has 4 heteroatoms. The Morgan fingerprint density at radius 1 is 1.17 bits per heavy atom. The molecule has 1 heterocycles. The normalized spacial score (nSPS) is 12.7. The molecule has 0 aliphatic heterocycles. The fraction of sp³-hybridized carbons (Fsp3) is 0.286. The highest BCUT2D eigenvalue weighted by Gasteiger charge is 2.14. The monoisotopic (exact) mass is 300 g/mol. The fourth-order valence-corrected chi connectivity index (χ4v) is 3.21. The SMILES string of the molecule is CCc1ccc(CC(O)c2cc(Cl)ccc2Cl)s1. The van der Waals surface area contributed by atoms with Gasteiger partial charge in [-0.25, -0.2) is 0 Å². The first kappa shape index (κ1) is 13.9. The maximum atomic E-state index is 10.2. The molecule has 1 atom stereocenters. The molecule has 1 aromatic heterocycles. The topological polar surface area (TPSA) is 20.2 Å². The lowest BCUT2D eigenvalue weighted by atomic mass is 10.1. The fourth-order valence-electron chi connectivity index (χ4n) is 1.79. The molecule has 0 aliphatic carbocycles. The summed E-state index contributed by atoms with van der Waals surface area (Å²) in [6.45, 7) is 2.12. The summed E-state index contributed by atoms with van der Waals surface area (Å²) in [5.41, 5.74) is 0.690. The van der Waals surface area contributed by atoms with E-state index in [1.54, 1.807) is 29.5 Å². The molecule has 0 saturated heterocycles. The minimum atomic E-state index is -0.612. The number of halogens is 2. The lowest BCUT2D eigenvalue weighted by Gasteiger charge is -2.12. The van der Waals surface area contributed by atoms with Gasteiger partial charge < -0.3 is 5.11 Å². The second kappa shape index (κ2) is 6.07. The quantitative estimate of drug-likeness (QED) is 0.852. The third-order valence-corrected chi connectivity index (χ3v) is 4.61. The van der Waals surface area contributed by atoms with Crippen LogP contribution in [0.4, 0.5) is 0 Å². The molecular weight excluding hydrogens is 287 g/mol. The Hall–Kier alpha value is -0.540. The van der Waals surface area contributed by atoms with Gasteiger partial charge in [0.15, 0.2) is 0 Å². The first-order valence-corrected chi connectivity index (χ1v) is 7.38. The van der Waals surface area contributed by atoms with Crippen LogP contribution >= 0.6 is 34.5 Å². The molecule has 1 aromatic carbocycles. The molecule has 0 aliphatic rings. The first-order chi connectivity index (χ1) is 8.60. The standard InChI is InChI=1S/C14H14Cl2OS/c1-2-10-4-5-11(18-10)8-14(17)12-7-9(15)3-6-13(12)16/h3-7,14,17H,2,8H2,1H3. The summed E-state index contributed by atoms with van der Waals surface area (Å²) in [4.78, 5) is 2.49. The van der Waals surface area contributed by atoms with Gasteiger partial charge in [-0.05, 0) is 36.8 Å². The summed E-state index contributed by atoms with van der Waals surface area (Å²) in [6, 6.07) is 9.33. The Balaban J connectivity index is 2.16. The van der Waals surface area contributed by atoms with Crippen LogP contribution in [0, 0.1) is 0 Å². The highest BCUT2D eigenvalue weighted by molar-refractivity contribution is 7.11. The molecule has 0 fully saturated rings. The highest BCUT2D eigenvalue weighted by atomic mass is 35.5. The smallest absolute Gasteiger partial charge is 0.0853 e. The molecule has 18 heavy (non-hydrogen) atoms. The number of hydrogen-bond donors (Lipinski definition) is 1. The summed E-state index contributed by atoms with van der Waals surface area (Å²) in [5.74, 6) is 0. The third-order valence-electron chi connectivity index (χ3n) is 2.78. The van der Waals surface area contributed by atoms with Gasteiger partial charge in [0.2, 0.25) is 0 Å². The number of aryl methyl sites for hydroxylation is 1. The van der Waals surface area contributed by atoms with E-state index >= 15 is 0 Å². The zero-order chi connectivity index (χ0) is 13.1. The van der Waals surface area contributed by atoms with Gasteiger partial charge in [-0.1, -0.05) is 30.1 Å². The molecule has 2 aromatic rings. The Morgan fingerprint density at radius 2 is 1.89 bits per heavy atom. The van der Waals surface area contributed by atoms with E-state index in [9.17, 15) is 5.11 Å². The van der Waals surface area contributed by atoms with E-state index < -0.39 is 6.10 Å². The Labute approximate surface area is 121 Å². The highest BCUT2D eigenvalue weighted by Crippen LogP contribution is 2.30. The van der Waals surface area contributed by atoms with E-state index in [0.717, 1.165) is 11.3 Å². The van der Waals surface area contributed by atoms with Crippen LogP contribution < -0.4 is 0 Å². The molecule has 0 radical (unpaired) electrons. The van der Waals surface area contributed by atoms with Gasteiger partial charge >= 0.3 is 0 Å². The van der Waals surface area contributed by atoms with Crippen LogP contribution in [-0.2, 0) is 12.8 Å². The number of aliphatic hydroxyl groups is 1. The van der Waals surface area contributed by atoms with Gasteiger partial charge in [-0.15, -0.1) is 11.3 Å². The molecule has 2 rings (SSSR count). The molecule has 1 nitrogen and oxygen atoms in total. The van der Waals surface area contributed by atoms with Crippen molar-refractivity contribution < 1.29 is 5.11 Å². The van der Waals surface area contributed by atoms with Crippen molar-refractivity contribution in [3.63, 3.8) is 0 Å². The number of benzene rings is 1. The molecule has 1 unspecified atom stereocenters. The van der Waals surface area contributed by atoms with Gasteiger partial charge in [-0.3, -0.25) is 0 Å². The lowest BCUT2D eigenvalue weighted by molar-refractivity contribution is 0.179. The number of rotatable bonds is 4. The van der Waals surface area contributed by atoms with Gasteiger partial charge in [0, 0.05) is 31.8 Å². The minimum Gasteiger partial charge on any atom is -0.388 e. The largest absolute Gasteiger partial charge is 0.388 e. The minimum absolute atomic E-state index is 0.555. The van der Waals surface area contributed by atoms with Crippen LogP contribution in [0.25, 0.3) is 0 Å². The zero-order valence-electron chi connectivity index (χ0n) is 9.99. The average Bonchev–Trinajstić information content (AvgIpc) is 2.80. The summed E-state index contributed by atoms with van der Waals surface area (Å²) < 4.78 is 0. The number of aliphatic hydroxyl groups excluding tert-OH is 1. The van der Waals surface area contributed by atoms with Gasteiger partial charge in [0.25, 0.3) is 0 Å². The van der Waals surface area contributed by atoms with E-state index in [0.29, 0.717) is 22.0 Å². The van der Waals surface area contributed by atoms with Crippen molar-refractivity contribution in [1.29, 1.82) is 0 Å². The molecule has 96 valence electrons. The van der Waals surface area contributed by atoms with E-state index in [2.05, 4.69) is 19.1 Å². The lowest BCUT2D eigenvalue weighted by Crippen LogP contribution is -2.01. The van der Waals surface area contributed by atoms with Crippen molar-refractivity contribution in [3.8, 4) is 0 Å². The van der Waals surface area contributed by atoms with Crippen molar-refractivity contribution in [1.82, 2.24) is 0 Å². The van der Waals surface area contributed by atoms with E-state index in [-0.39, 0.29) is 0 Å². The van der Waals surface area contributed by atoms with Crippen LogP contribution in [0.5, 0.6) is 0 Å². The molecule has 0 saturated carbocycles. The van der Waals surface area contributed by atoms with Crippen molar-refractivity contribution in [3.05, 3.63) is 55.7 Å². The van der Waals surface area contributed by atoms with Crippen molar-refractivity contribution >= 4 is 34.5 Å². The van der Waals surface area contributed by atoms with Crippen molar-refractivity contribution in [2.45, 2.75) is 25.9 Å². The third kappa shape index (κ3) is 3.27. The molecule has 0 bridgehead atoms. The first-order valence-electron chi connectivity index (χ1n) is 5.80. The molecule has 0 amide bonds. The van der Waals surface area contributed by atoms with E-state index in [1.807, 2.05) is 0 Å². The van der Waals surface area contributed by atoms with Crippen molar-refractivity contribution in [2.24, 2.45) is 0 Å². The summed E-state index contributed by atoms with van der Waals surface area (Å²) >= 11 is 13.7. The Morgan fingerprint density at radius 3 is 2.56 bits per heavy atom. The van der Waals surface area contributed by atoms with Crippen LogP contribution in [0.2, 0.25) is 10.0 Å². The number of hydrogen-bond acceptors (Lipinski definition) is 2. The van der Waals surface area contributed by atoms with Gasteiger partial charge in [0.05, 0.1) is 6.10 Å². The van der Waals surface area contributed by atoms with Crippen LogP contribution in [0.3, 0.4) is 0 Å². The Kier molecular flexibility index (Phi) is 4.68. The Bertz CT molecular complexity index is 536. The average molecular weight is 301 g/mol. The predicted molar refractivity (Wildman–Crippen MR) is 78.8 cm³/mol. The van der Waals surface area contributed by atoms with Gasteiger partial charge in [0.1, 0.15) is 0 Å². The second-order valence-corrected chi connectivity index (χ2v) is 6.20. The van der Waals surface area contributed by atoms with Crippen molar-refractivity contribution in [2.75, 3.05) is 0 Å². The summed E-state index contributed by atoms with van der Waals surface area (Å²) in [5, 5.41) is 11.4. The summed E-state index contributed by atoms with van der Waals surface area (Å²) in [6.07, 6.45) is 0.989. The summed E-state index contributed by atoms with van der Waals surface area (Å²) in [7, 11) is 0. The predicted octanol–water partition coefficient (Wildman–Crippen LogP) is 4.89. The van der Waals surface area contributed by atoms with E-state index in [1.165, 1.54) is 4.88 Å². The zero-order valence-corrected chi connectivity index (χ0v) is 12.3. The van der Waals surface area contributed by atoms with E-state index in [4.69, 9.17) is 23.2 Å². The van der Waals surface area contributed by atoms with Crippen LogP contribution in [-0.4, -0.2) is 5.11 Å². The molecular formula is C14H14Cl2OS. The van der Waals surface area contributed by atoms with Crippen LogP contribution in [0.15, 0.2) is 30.3 Å².